The lowest BCUT2D eigenvalue weighted by Crippen LogP contribution is -2.32. The molecule has 4 heteroatoms. The van der Waals surface area contributed by atoms with Gasteiger partial charge in [-0.3, -0.25) is 9.69 Å². The summed E-state index contributed by atoms with van der Waals surface area (Å²) in [7, 11) is 0. The van der Waals surface area contributed by atoms with Crippen LogP contribution in [0.25, 0.3) is 0 Å². The van der Waals surface area contributed by atoms with E-state index in [4.69, 9.17) is 0 Å². The molecule has 142 valence electrons. The molecule has 0 spiro atoms. The number of rotatable bonds is 6. The summed E-state index contributed by atoms with van der Waals surface area (Å²) in [5, 5.41) is 9.88. The average Bonchev–Trinajstić information content (AvgIpc) is 3.45. The zero-order valence-electron chi connectivity index (χ0n) is 15.6. The Morgan fingerprint density at radius 1 is 0.929 bits per heavy atom. The lowest BCUT2D eigenvalue weighted by molar-refractivity contribution is -0.143. The molecular weight excluding hydrogens is 414 g/mol. The monoisotopic (exact) mass is 435 g/mol. The molecule has 4 rings (SSSR count). The molecule has 28 heavy (non-hydrogen) atoms. The number of hydrogen-bond acceptors (Lipinski definition) is 2. The zero-order chi connectivity index (χ0) is 19.7. The van der Waals surface area contributed by atoms with Crippen molar-refractivity contribution in [3.05, 3.63) is 106 Å². The van der Waals surface area contributed by atoms with E-state index in [1.165, 1.54) is 11.1 Å². The number of carboxylic acid groups (broad SMARTS) is 1. The lowest BCUT2D eigenvalue weighted by Gasteiger charge is -2.28. The van der Waals surface area contributed by atoms with Gasteiger partial charge < -0.3 is 5.11 Å². The Bertz CT molecular complexity index is 919. The number of aliphatic carboxylic acids is 1. The van der Waals surface area contributed by atoms with Crippen molar-refractivity contribution in [2.75, 3.05) is 6.54 Å². The number of hydrogen-bond donors (Lipinski definition) is 1. The third-order valence-electron chi connectivity index (χ3n) is 5.79. The quantitative estimate of drug-likeness (QED) is 0.521. The molecule has 1 fully saturated rings. The molecule has 1 aliphatic heterocycles. The summed E-state index contributed by atoms with van der Waals surface area (Å²) in [5.74, 6) is -1.30. The van der Waals surface area contributed by atoms with Crippen molar-refractivity contribution in [3.8, 4) is 0 Å². The first kappa shape index (κ1) is 18.9. The van der Waals surface area contributed by atoms with Crippen LogP contribution in [0.2, 0.25) is 0 Å². The minimum Gasteiger partial charge on any atom is -0.481 e. The van der Waals surface area contributed by atoms with Gasteiger partial charge in [0.1, 0.15) is 0 Å². The molecule has 0 bridgehead atoms. The molecule has 1 heterocycles. The Balaban J connectivity index is 1.82. The van der Waals surface area contributed by atoms with Gasteiger partial charge in [0.25, 0.3) is 0 Å². The van der Waals surface area contributed by atoms with Gasteiger partial charge in [-0.15, -0.1) is 0 Å². The van der Waals surface area contributed by atoms with E-state index < -0.39 is 17.4 Å². The largest absolute Gasteiger partial charge is 0.481 e. The highest BCUT2D eigenvalue weighted by Crippen LogP contribution is 2.55. The van der Waals surface area contributed by atoms with Gasteiger partial charge in [-0.1, -0.05) is 88.7 Å². The predicted octanol–water partition coefficient (Wildman–Crippen LogP) is 5.47. The topological polar surface area (TPSA) is 40.3 Å². The predicted molar refractivity (Wildman–Crippen MR) is 114 cm³/mol. The SMILES string of the molecule is CC(C(=O)O)[C@@]1(c2ccc(Br)cc2)CN1C(c1ccccc1)c1ccccc1. The van der Waals surface area contributed by atoms with Crippen molar-refractivity contribution in [2.24, 2.45) is 5.92 Å². The summed E-state index contributed by atoms with van der Waals surface area (Å²) in [5.41, 5.74) is 2.86. The second kappa shape index (κ2) is 7.53. The Kier molecular flexibility index (Phi) is 5.09. The highest BCUT2D eigenvalue weighted by molar-refractivity contribution is 9.10. The highest BCUT2D eigenvalue weighted by Gasteiger charge is 2.61. The van der Waals surface area contributed by atoms with E-state index in [1.54, 1.807) is 0 Å². The van der Waals surface area contributed by atoms with Gasteiger partial charge in [-0.2, -0.15) is 0 Å². The van der Waals surface area contributed by atoms with Crippen LogP contribution in [0.1, 0.15) is 29.7 Å². The molecule has 3 aromatic rings. The first-order valence-electron chi connectivity index (χ1n) is 9.39. The number of nitrogens with zero attached hydrogens (tertiary/aromatic N) is 1. The Morgan fingerprint density at radius 2 is 1.43 bits per heavy atom. The summed E-state index contributed by atoms with van der Waals surface area (Å²) in [6, 6.07) is 28.7. The summed E-state index contributed by atoms with van der Waals surface area (Å²) in [4.78, 5) is 14.4. The fraction of sp³-hybridized carbons (Fsp3) is 0.208. The maximum absolute atomic E-state index is 12.0. The third kappa shape index (κ3) is 3.27. The van der Waals surface area contributed by atoms with Crippen LogP contribution < -0.4 is 0 Å². The van der Waals surface area contributed by atoms with Gasteiger partial charge in [0, 0.05) is 11.0 Å². The van der Waals surface area contributed by atoms with Gasteiger partial charge in [0.15, 0.2) is 0 Å². The van der Waals surface area contributed by atoms with Crippen molar-refractivity contribution in [2.45, 2.75) is 18.5 Å². The van der Waals surface area contributed by atoms with Gasteiger partial charge in [0.2, 0.25) is 0 Å². The lowest BCUT2D eigenvalue weighted by atomic mass is 9.85. The fourth-order valence-corrected chi connectivity index (χ4v) is 4.47. The maximum atomic E-state index is 12.0. The second-order valence-corrected chi connectivity index (χ2v) is 8.26. The molecule has 3 nitrogen and oxygen atoms in total. The van der Waals surface area contributed by atoms with E-state index in [1.807, 2.05) is 67.6 Å². The van der Waals surface area contributed by atoms with Crippen LogP contribution in [-0.4, -0.2) is 22.5 Å². The second-order valence-electron chi connectivity index (χ2n) is 7.34. The van der Waals surface area contributed by atoms with Crippen LogP contribution in [0.15, 0.2) is 89.4 Å². The zero-order valence-corrected chi connectivity index (χ0v) is 17.2. The molecule has 0 radical (unpaired) electrons. The van der Waals surface area contributed by atoms with E-state index in [-0.39, 0.29) is 6.04 Å². The average molecular weight is 436 g/mol. The maximum Gasteiger partial charge on any atom is 0.308 e. The van der Waals surface area contributed by atoms with Crippen molar-refractivity contribution >= 4 is 21.9 Å². The normalized spacial score (nSPS) is 22.0. The Morgan fingerprint density at radius 3 is 1.89 bits per heavy atom. The molecule has 1 aliphatic rings. The van der Waals surface area contributed by atoms with E-state index in [0.29, 0.717) is 6.54 Å². The smallest absolute Gasteiger partial charge is 0.308 e. The van der Waals surface area contributed by atoms with Crippen LogP contribution in [0.5, 0.6) is 0 Å². The van der Waals surface area contributed by atoms with Crippen LogP contribution in [0.3, 0.4) is 0 Å². The number of benzene rings is 3. The summed E-state index contributed by atoms with van der Waals surface area (Å²) >= 11 is 3.49. The van der Waals surface area contributed by atoms with Gasteiger partial charge in [-0.25, -0.2) is 0 Å². The van der Waals surface area contributed by atoms with Crippen molar-refractivity contribution in [1.29, 1.82) is 0 Å². The molecule has 1 saturated heterocycles. The van der Waals surface area contributed by atoms with Crippen LogP contribution >= 0.6 is 15.9 Å². The molecule has 3 atom stereocenters. The van der Waals surface area contributed by atoms with Crippen molar-refractivity contribution in [3.63, 3.8) is 0 Å². The summed E-state index contributed by atoms with van der Waals surface area (Å²) < 4.78 is 0.990. The number of carboxylic acids is 1. The van der Waals surface area contributed by atoms with Gasteiger partial charge in [-0.05, 0) is 35.7 Å². The minimum atomic E-state index is -0.773. The first-order valence-corrected chi connectivity index (χ1v) is 10.2. The van der Waals surface area contributed by atoms with E-state index >= 15 is 0 Å². The molecule has 0 aliphatic carbocycles. The molecular formula is C24H22BrNO2. The fourth-order valence-electron chi connectivity index (χ4n) is 4.20. The molecule has 0 aromatic heterocycles. The molecule has 0 amide bonds. The molecule has 1 N–H and O–H groups in total. The standard InChI is InChI=1S/C24H22BrNO2/c1-17(23(27)28)24(20-12-14-21(25)15-13-20)16-26(24)22(18-8-4-2-5-9-18)19-10-6-3-7-11-19/h2-15,17,22H,16H2,1H3,(H,27,28)/t17?,24-,26?/m1/s1. The molecule has 0 saturated carbocycles. The van der Waals surface area contributed by atoms with Gasteiger partial charge in [0.05, 0.1) is 17.5 Å². The van der Waals surface area contributed by atoms with Crippen molar-refractivity contribution in [1.82, 2.24) is 4.90 Å². The molecule has 2 unspecified atom stereocenters. The van der Waals surface area contributed by atoms with Crippen LogP contribution in [-0.2, 0) is 10.3 Å². The Hall–Kier alpha value is -2.43. The van der Waals surface area contributed by atoms with E-state index in [2.05, 4.69) is 45.1 Å². The van der Waals surface area contributed by atoms with Crippen LogP contribution in [0, 0.1) is 5.92 Å². The summed E-state index contributed by atoms with van der Waals surface area (Å²) in [6.07, 6.45) is 0. The number of carbonyl (C=O) groups is 1. The van der Waals surface area contributed by atoms with Crippen LogP contribution in [0.4, 0.5) is 0 Å². The third-order valence-corrected chi connectivity index (χ3v) is 6.32. The highest BCUT2D eigenvalue weighted by atomic mass is 79.9. The molecule has 3 aromatic carbocycles. The van der Waals surface area contributed by atoms with Gasteiger partial charge >= 0.3 is 5.97 Å². The van der Waals surface area contributed by atoms with Crippen molar-refractivity contribution < 1.29 is 9.90 Å². The number of halogens is 1. The van der Waals surface area contributed by atoms with E-state index in [0.717, 1.165) is 10.0 Å². The Labute approximate surface area is 173 Å². The van der Waals surface area contributed by atoms with E-state index in [9.17, 15) is 9.90 Å². The first-order chi connectivity index (χ1) is 13.5. The summed E-state index contributed by atoms with van der Waals surface area (Å²) in [6.45, 7) is 2.52. The minimum absolute atomic E-state index is 0.00727.